The Bertz CT molecular complexity index is 1280. The number of fused-ring (bicyclic) bond motifs is 1. The number of hydrogen-bond donors (Lipinski definition) is 1. The Morgan fingerprint density at radius 1 is 1.03 bits per heavy atom. The maximum atomic E-state index is 13.5. The molecule has 0 radical (unpaired) electrons. The van der Waals surface area contributed by atoms with Gasteiger partial charge in [-0.2, -0.15) is 0 Å². The van der Waals surface area contributed by atoms with Crippen molar-refractivity contribution >= 4 is 22.7 Å². The van der Waals surface area contributed by atoms with Crippen LogP contribution < -0.4 is 5.32 Å². The van der Waals surface area contributed by atoms with E-state index >= 15 is 0 Å². The van der Waals surface area contributed by atoms with E-state index in [4.69, 9.17) is 0 Å². The molecule has 0 saturated carbocycles. The Morgan fingerprint density at radius 3 is 2.55 bits per heavy atom. The van der Waals surface area contributed by atoms with Crippen molar-refractivity contribution < 1.29 is 14.0 Å². The van der Waals surface area contributed by atoms with Crippen molar-refractivity contribution in [3.63, 3.8) is 0 Å². The second kappa shape index (κ2) is 9.99. The highest BCUT2D eigenvalue weighted by atomic mass is 19.1. The first-order chi connectivity index (χ1) is 16.0. The Labute approximate surface area is 191 Å². The molecule has 0 fully saturated rings. The molecule has 0 spiro atoms. The van der Waals surface area contributed by atoms with Gasteiger partial charge in [0.05, 0.1) is 23.3 Å². The quantitative estimate of drug-likeness (QED) is 0.465. The van der Waals surface area contributed by atoms with Crippen molar-refractivity contribution in [2.75, 3.05) is 13.1 Å². The number of amides is 2. The number of carbonyl (C=O) groups is 2. The largest absolute Gasteiger partial charge is 0.350 e. The Balaban J connectivity index is 1.56. The molecule has 0 aliphatic carbocycles. The molecule has 166 valence electrons. The molecule has 2 aromatic heterocycles. The summed E-state index contributed by atoms with van der Waals surface area (Å²) < 4.78 is 13.1. The highest BCUT2D eigenvalue weighted by Gasteiger charge is 2.21. The maximum Gasteiger partial charge on any atom is 0.255 e. The minimum atomic E-state index is -0.330. The zero-order chi connectivity index (χ0) is 23.2. The van der Waals surface area contributed by atoms with Crippen molar-refractivity contribution in [1.29, 1.82) is 0 Å². The lowest BCUT2D eigenvalue weighted by atomic mass is 10.0. The van der Waals surface area contributed by atoms with Crippen LogP contribution in [0.25, 0.3) is 22.2 Å². The predicted molar refractivity (Wildman–Crippen MR) is 125 cm³/mol. The van der Waals surface area contributed by atoms with Crippen molar-refractivity contribution in [3.05, 3.63) is 96.1 Å². The smallest absolute Gasteiger partial charge is 0.255 e. The number of carbonyl (C=O) groups excluding carboxylic acids is 2. The fourth-order valence-corrected chi connectivity index (χ4v) is 3.54. The summed E-state index contributed by atoms with van der Waals surface area (Å²) in [4.78, 5) is 36.4. The number of aromatic nitrogens is 2. The number of likely N-dealkylation sites (N-methyl/N-ethyl adjacent to an activating group) is 1. The summed E-state index contributed by atoms with van der Waals surface area (Å²) in [5, 5.41) is 3.51. The summed E-state index contributed by atoms with van der Waals surface area (Å²) in [6.07, 6.45) is 3.38. The van der Waals surface area contributed by atoms with E-state index in [1.165, 1.54) is 17.0 Å². The van der Waals surface area contributed by atoms with E-state index in [-0.39, 0.29) is 30.7 Å². The molecule has 0 unspecified atom stereocenters. The number of halogens is 1. The lowest BCUT2D eigenvalue weighted by molar-refractivity contribution is -0.121. The van der Waals surface area contributed by atoms with E-state index in [0.717, 1.165) is 16.5 Å². The van der Waals surface area contributed by atoms with Crippen molar-refractivity contribution in [2.24, 2.45) is 0 Å². The van der Waals surface area contributed by atoms with Gasteiger partial charge in [-0.3, -0.25) is 14.6 Å². The van der Waals surface area contributed by atoms with Crippen LogP contribution in [-0.2, 0) is 11.3 Å². The third kappa shape index (κ3) is 5.20. The highest BCUT2D eigenvalue weighted by molar-refractivity contribution is 6.08. The average molecular weight is 442 g/mol. The normalized spacial score (nSPS) is 10.7. The fraction of sp³-hybridized carbons (Fsp3) is 0.154. The summed E-state index contributed by atoms with van der Waals surface area (Å²) in [7, 11) is 0. The third-order valence-corrected chi connectivity index (χ3v) is 5.31. The van der Waals surface area contributed by atoms with Gasteiger partial charge in [-0.05, 0) is 48.9 Å². The van der Waals surface area contributed by atoms with E-state index in [2.05, 4.69) is 15.3 Å². The van der Waals surface area contributed by atoms with Gasteiger partial charge >= 0.3 is 0 Å². The monoisotopic (exact) mass is 442 g/mol. The van der Waals surface area contributed by atoms with Crippen LogP contribution in [0, 0.1) is 5.82 Å². The first-order valence-electron chi connectivity index (χ1n) is 10.7. The van der Waals surface area contributed by atoms with Gasteiger partial charge in [-0.1, -0.05) is 30.3 Å². The van der Waals surface area contributed by atoms with Gasteiger partial charge < -0.3 is 10.2 Å². The Hall–Kier alpha value is -4.13. The zero-order valence-electron chi connectivity index (χ0n) is 18.2. The molecule has 2 amide bonds. The van der Waals surface area contributed by atoms with Gasteiger partial charge in [0.25, 0.3) is 5.91 Å². The molecule has 0 aliphatic heterocycles. The molecule has 6 nitrogen and oxygen atoms in total. The van der Waals surface area contributed by atoms with E-state index in [1.807, 2.05) is 43.3 Å². The molecule has 2 aromatic carbocycles. The highest BCUT2D eigenvalue weighted by Crippen LogP contribution is 2.25. The molecule has 4 rings (SSSR count). The summed E-state index contributed by atoms with van der Waals surface area (Å²) in [5.41, 5.74) is 3.39. The molecular weight excluding hydrogens is 419 g/mol. The second-order valence-corrected chi connectivity index (χ2v) is 7.54. The first-order valence-corrected chi connectivity index (χ1v) is 10.7. The summed E-state index contributed by atoms with van der Waals surface area (Å²) in [6, 6.07) is 18.8. The number of hydrogen-bond acceptors (Lipinski definition) is 4. The summed E-state index contributed by atoms with van der Waals surface area (Å²) >= 11 is 0. The molecule has 0 aliphatic rings. The van der Waals surface area contributed by atoms with Crippen molar-refractivity contribution in [1.82, 2.24) is 20.2 Å². The number of benzene rings is 2. The van der Waals surface area contributed by atoms with Crippen LogP contribution in [-0.4, -0.2) is 39.8 Å². The fourth-order valence-electron chi connectivity index (χ4n) is 3.54. The van der Waals surface area contributed by atoms with Gasteiger partial charge in [-0.25, -0.2) is 9.37 Å². The minimum absolute atomic E-state index is 0.0879. The van der Waals surface area contributed by atoms with E-state index in [9.17, 15) is 14.0 Å². The molecule has 0 atom stereocenters. The summed E-state index contributed by atoms with van der Waals surface area (Å²) in [6.45, 7) is 2.36. The molecule has 2 heterocycles. The van der Waals surface area contributed by atoms with E-state index in [1.54, 1.807) is 30.6 Å². The standard InChI is InChI=1S/C26H23FN4O2/c1-2-31(17-25(32)29-15-18-9-11-20(27)12-10-18)26(33)22-14-24(19-6-5-13-28-16-19)30-23-8-4-3-7-21(22)23/h3-14,16H,2,15,17H2,1H3,(H,29,32). The van der Waals surface area contributed by atoms with Crippen molar-refractivity contribution in [3.8, 4) is 11.3 Å². The molecule has 4 aromatic rings. The summed E-state index contributed by atoms with van der Waals surface area (Å²) in [5.74, 6) is -0.874. The van der Waals surface area contributed by atoms with Crippen LogP contribution in [0.4, 0.5) is 4.39 Å². The van der Waals surface area contributed by atoms with Crippen LogP contribution >= 0.6 is 0 Å². The van der Waals surface area contributed by atoms with E-state index < -0.39 is 0 Å². The van der Waals surface area contributed by atoms with Crippen LogP contribution in [0.1, 0.15) is 22.8 Å². The van der Waals surface area contributed by atoms with Gasteiger partial charge in [0.15, 0.2) is 0 Å². The number of rotatable bonds is 7. The zero-order valence-corrected chi connectivity index (χ0v) is 18.2. The van der Waals surface area contributed by atoms with Gasteiger partial charge in [0, 0.05) is 36.4 Å². The molecule has 0 bridgehead atoms. The number of pyridine rings is 2. The van der Waals surface area contributed by atoms with Crippen molar-refractivity contribution in [2.45, 2.75) is 13.5 Å². The van der Waals surface area contributed by atoms with Gasteiger partial charge in [-0.15, -0.1) is 0 Å². The lowest BCUT2D eigenvalue weighted by Gasteiger charge is -2.21. The number of nitrogens with one attached hydrogen (secondary N) is 1. The Morgan fingerprint density at radius 2 is 1.82 bits per heavy atom. The van der Waals surface area contributed by atoms with Crippen LogP contribution in [0.3, 0.4) is 0 Å². The second-order valence-electron chi connectivity index (χ2n) is 7.54. The third-order valence-electron chi connectivity index (χ3n) is 5.31. The molecule has 1 N–H and O–H groups in total. The number of nitrogens with zero attached hydrogens (tertiary/aromatic N) is 3. The molecular formula is C26H23FN4O2. The van der Waals surface area contributed by atoms with Crippen LogP contribution in [0.5, 0.6) is 0 Å². The molecule has 7 heteroatoms. The lowest BCUT2D eigenvalue weighted by Crippen LogP contribution is -2.40. The maximum absolute atomic E-state index is 13.5. The Kier molecular flexibility index (Phi) is 6.69. The molecule has 0 saturated heterocycles. The first kappa shape index (κ1) is 22.1. The SMILES string of the molecule is CCN(CC(=O)NCc1ccc(F)cc1)C(=O)c1cc(-c2cccnc2)nc2ccccc12. The molecule has 33 heavy (non-hydrogen) atoms. The number of para-hydroxylation sites is 1. The van der Waals surface area contributed by atoms with E-state index in [0.29, 0.717) is 23.3 Å². The minimum Gasteiger partial charge on any atom is -0.350 e. The van der Waals surface area contributed by atoms with Crippen LogP contribution in [0.15, 0.2) is 79.1 Å². The topological polar surface area (TPSA) is 75.2 Å². The van der Waals surface area contributed by atoms with Crippen LogP contribution in [0.2, 0.25) is 0 Å². The predicted octanol–water partition coefficient (Wildman–Crippen LogP) is 4.21. The van der Waals surface area contributed by atoms with Gasteiger partial charge in [0.1, 0.15) is 5.82 Å². The van der Waals surface area contributed by atoms with Gasteiger partial charge in [0.2, 0.25) is 5.91 Å². The average Bonchev–Trinajstić information content (AvgIpc) is 2.86.